The zero-order chi connectivity index (χ0) is 41.6. The fraction of sp³-hybridized carbons (Fsp3) is 0.596. The monoisotopic (exact) mass is 787 g/mol. The van der Waals surface area contributed by atoms with E-state index in [9.17, 15) is 14.4 Å². The number of hydrogen-bond acceptors (Lipinski definition) is 8. The van der Waals surface area contributed by atoms with E-state index < -0.39 is 17.6 Å². The molecule has 1 aromatic carbocycles. The van der Waals surface area contributed by atoms with E-state index >= 15 is 0 Å². The molecule has 0 aliphatic carbocycles. The Balaban J connectivity index is 1.50. The maximum Gasteiger partial charge on any atom is 0.419 e. The van der Waals surface area contributed by atoms with Gasteiger partial charge in [0.2, 0.25) is 0 Å². The molecule has 0 saturated heterocycles. The van der Waals surface area contributed by atoms with Gasteiger partial charge < -0.3 is 18.8 Å². The Bertz CT molecular complexity index is 1710. The third kappa shape index (κ3) is 16.9. The SMILES string of the molecule is CCCCC/C=C\C/C=C\CCCCCCCC(=O)OC[C@H](Cc1cncn1C)C(CC)C(=O)OCc1cccc([C@H](C)c2cn(C(=O)OC(C)(C)C)cn2)c1C. The highest BCUT2D eigenvalue weighted by atomic mass is 16.6. The van der Waals surface area contributed by atoms with Crippen molar-refractivity contribution in [2.75, 3.05) is 6.61 Å². The largest absolute Gasteiger partial charge is 0.465 e. The van der Waals surface area contributed by atoms with Crippen LogP contribution in [-0.2, 0) is 43.9 Å². The normalized spacial score (nSPS) is 13.5. The summed E-state index contributed by atoms with van der Waals surface area (Å²) in [7, 11) is 1.92. The average Bonchev–Trinajstić information content (AvgIpc) is 3.83. The number of carbonyl (C=O) groups is 3. The molecule has 0 aliphatic rings. The number of esters is 2. The summed E-state index contributed by atoms with van der Waals surface area (Å²) in [6.45, 7) is 14.0. The van der Waals surface area contributed by atoms with Crippen LogP contribution in [0.15, 0.2) is 67.6 Å². The number of hydrogen-bond donors (Lipinski definition) is 0. The highest BCUT2D eigenvalue weighted by Crippen LogP contribution is 2.29. The minimum atomic E-state index is -0.613. The van der Waals surface area contributed by atoms with Gasteiger partial charge in [-0.3, -0.25) is 9.59 Å². The van der Waals surface area contributed by atoms with Gasteiger partial charge in [-0.2, -0.15) is 0 Å². The second kappa shape index (κ2) is 25.0. The second-order valence-electron chi connectivity index (χ2n) is 16.3. The molecule has 3 atom stereocenters. The summed E-state index contributed by atoms with van der Waals surface area (Å²) in [5, 5.41) is 0. The van der Waals surface area contributed by atoms with Gasteiger partial charge in [0.1, 0.15) is 18.5 Å². The molecule has 0 saturated carbocycles. The maximum absolute atomic E-state index is 13.7. The first-order valence-electron chi connectivity index (χ1n) is 21.3. The van der Waals surface area contributed by atoms with Gasteiger partial charge in [-0.25, -0.2) is 19.3 Å². The summed E-state index contributed by atoms with van der Waals surface area (Å²) in [5.41, 5.74) is 3.98. The number of carbonyl (C=O) groups excluding carboxylic acids is 3. The van der Waals surface area contributed by atoms with Gasteiger partial charge in [0.25, 0.3) is 0 Å². The highest BCUT2D eigenvalue weighted by molar-refractivity contribution is 5.73. The van der Waals surface area contributed by atoms with Gasteiger partial charge in [0.05, 0.1) is 24.5 Å². The van der Waals surface area contributed by atoms with Crippen LogP contribution in [0, 0.1) is 18.8 Å². The minimum Gasteiger partial charge on any atom is -0.465 e. The van der Waals surface area contributed by atoms with Gasteiger partial charge in [-0.1, -0.05) is 95.4 Å². The van der Waals surface area contributed by atoms with Crippen LogP contribution in [0.1, 0.15) is 159 Å². The van der Waals surface area contributed by atoms with E-state index in [0.717, 1.165) is 66.6 Å². The van der Waals surface area contributed by atoms with Gasteiger partial charge in [-0.05, 0) is 95.8 Å². The Labute approximate surface area is 342 Å². The predicted molar refractivity (Wildman–Crippen MR) is 227 cm³/mol. The number of ether oxygens (including phenoxy) is 3. The molecule has 0 aliphatic heterocycles. The Morgan fingerprint density at radius 1 is 0.895 bits per heavy atom. The first-order chi connectivity index (χ1) is 27.3. The van der Waals surface area contributed by atoms with Gasteiger partial charge in [0.15, 0.2) is 0 Å². The average molecular weight is 787 g/mol. The van der Waals surface area contributed by atoms with Crippen molar-refractivity contribution in [3.8, 4) is 0 Å². The van der Waals surface area contributed by atoms with Crippen LogP contribution in [-0.4, -0.2) is 49.3 Å². The van der Waals surface area contributed by atoms with Crippen molar-refractivity contribution in [2.45, 2.75) is 156 Å². The quantitative estimate of drug-likeness (QED) is 0.0361. The maximum atomic E-state index is 13.7. The van der Waals surface area contributed by atoms with Gasteiger partial charge in [-0.15, -0.1) is 0 Å². The van der Waals surface area contributed by atoms with E-state index in [0.29, 0.717) is 19.3 Å². The summed E-state index contributed by atoms with van der Waals surface area (Å²) in [5.74, 6) is -1.39. The molecule has 57 heavy (non-hydrogen) atoms. The molecule has 0 radical (unpaired) electrons. The van der Waals surface area contributed by atoms with E-state index in [1.165, 1.54) is 43.0 Å². The summed E-state index contributed by atoms with van der Waals surface area (Å²) >= 11 is 0. The lowest BCUT2D eigenvalue weighted by molar-refractivity contribution is -0.156. The Hall–Kier alpha value is -4.47. The third-order valence-electron chi connectivity index (χ3n) is 10.5. The zero-order valence-electron chi connectivity index (χ0n) is 36.1. The van der Waals surface area contributed by atoms with Crippen LogP contribution in [0.25, 0.3) is 0 Å². The first-order valence-corrected chi connectivity index (χ1v) is 21.3. The summed E-state index contributed by atoms with van der Waals surface area (Å²) < 4.78 is 20.6. The van der Waals surface area contributed by atoms with Crippen molar-refractivity contribution in [3.05, 3.63) is 95.6 Å². The topological polar surface area (TPSA) is 115 Å². The molecular formula is C47H70N4O6. The number of unbranched alkanes of at least 4 members (excludes halogenated alkanes) is 8. The number of aryl methyl sites for hydroxylation is 1. The number of aromatic nitrogens is 4. The van der Waals surface area contributed by atoms with Crippen molar-refractivity contribution in [2.24, 2.45) is 18.9 Å². The third-order valence-corrected chi connectivity index (χ3v) is 10.5. The first kappa shape index (κ1) is 46.9. The molecule has 1 unspecified atom stereocenters. The van der Waals surface area contributed by atoms with Gasteiger partial charge in [0, 0.05) is 43.4 Å². The van der Waals surface area contributed by atoms with E-state index in [2.05, 4.69) is 41.2 Å². The molecule has 314 valence electrons. The number of imidazole rings is 2. The Kier molecular flexibility index (Phi) is 20.6. The molecule has 3 aromatic rings. The van der Waals surface area contributed by atoms with E-state index in [4.69, 9.17) is 14.2 Å². The van der Waals surface area contributed by atoms with Crippen molar-refractivity contribution in [3.63, 3.8) is 0 Å². The molecule has 0 bridgehead atoms. The molecule has 0 fully saturated rings. The number of nitrogens with zero attached hydrogens (tertiary/aromatic N) is 4. The van der Waals surface area contributed by atoms with Crippen LogP contribution in [0.3, 0.4) is 0 Å². The fourth-order valence-electron chi connectivity index (χ4n) is 6.93. The second-order valence-corrected chi connectivity index (χ2v) is 16.3. The van der Waals surface area contributed by atoms with Crippen LogP contribution in [0.2, 0.25) is 0 Å². The summed E-state index contributed by atoms with van der Waals surface area (Å²) in [6.07, 6.45) is 29.1. The number of allylic oxidation sites excluding steroid dienone is 4. The van der Waals surface area contributed by atoms with Crippen molar-refractivity contribution in [1.82, 2.24) is 19.1 Å². The van der Waals surface area contributed by atoms with E-state index in [1.54, 1.807) is 18.7 Å². The molecule has 2 heterocycles. The predicted octanol–water partition coefficient (Wildman–Crippen LogP) is 11.1. The van der Waals surface area contributed by atoms with Crippen molar-refractivity contribution < 1.29 is 28.6 Å². The lowest BCUT2D eigenvalue weighted by Gasteiger charge is -2.25. The van der Waals surface area contributed by atoms with Crippen LogP contribution in [0.5, 0.6) is 0 Å². The molecule has 3 rings (SSSR count). The van der Waals surface area contributed by atoms with Crippen LogP contribution < -0.4 is 0 Å². The summed E-state index contributed by atoms with van der Waals surface area (Å²) in [4.78, 5) is 47.9. The van der Waals surface area contributed by atoms with E-state index in [-0.39, 0.29) is 37.0 Å². The smallest absolute Gasteiger partial charge is 0.419 e. The van der Waals surface area contributed by atoms with Crippen molar-refractivity contribution in [1.29, 1.82) is 0 Å². The fourth-order valence-corrected chi connectivity index (χ4v) is 6.93. The highest BCUT2D eigenvalue weighted by Gasteiger charge is 2.31. The lowest BCUT2D eigenvalue weighted by Crippen LogP contribution is -2.31. The molecule has 0 spiro atoms. The molecular weight excluding hydrogens is 717 g/mol. The Morgan fingerprint density at radius 3 is 2.26 bits per heavy atom. The van der Waals surface area contributed by atoms with Crippen molar-refractivity contribution >= 4 is 18.0 Å². The standard InChI is InChI=1S/C47H70N4O6/c1-9-11-12-13-14-15-16-17-18-19-20-21-22-23-24-28-44(52)55-33-39(29-40-30-48-34-50(40)8)41(10-2)45(53)56-32-38-26-25-27-42(36(38)3)37(4)43-31-51(35-49-43)46(54)57-47(5,6)7/h14-15,17-18,25-27,30-31,34-35,37,39,41H,9-13,16,19-24,28-29,32-33H2,1-8H3/b15-14-,18-17-/t37-,39-,41?/m0/s1. The minimum absolute atomic E-state index is 0.110. The lowest BCUT2D eigenvalue weighted by atomic mass is 9.87. The Morgan fingerprint density at radius 2 is 1.60 bits per heavy atom. The van der Waals surface area contributed by atoms with Gasteiger partial charge >= 0.3 is 18.0 Å². The molecule has 10 nitrogen and oxygen atoms in total. The summed E-state index contributed by atoms with van der Waals surface area (Å²) in [6, 6.07) is 5.93. The number of benzene rings is 1. The van der Waals surface area contributed by atoms with E-state index in [1.807, 2.05) is 71.4 Å². The zero-order valence-corrected chi connectivity index (χ0v) is 36.1. The molecule has 2 aromatic heterocycles. The van der Waals surface area contributed by atoms with Crippen LogP contribution in [0.4, 0.5) is 4.79 Å². The van der Waals surface area contributed by atoms with Crippen LogP contribution >= 0.6 is 0 Å². The molecule has 0 N–H and O–H groups in total. The number of rotatable bonds is 25. The molecule has 0 amide bonds. The molecule has 10 heteroatoms.